The molecule has 0 spiro atoms. The predicted octanol–water partition coefficient (Wildman–Crippen LogP) is 3.83. The highest BCUT2D eigenvalue weighted by atomic mass is 35.5. The number of nitrogens with one attached hydrogen (secondary N) is 1. The van der Waals surface area contributed by atoms with E-state index in [1.165, 1.54) is 0 Å². The van der Waals surface area contributed by atoms with Crippen molar-refractivity contribution in [3.05, 3.63) is 64.9 Å². The van der Waals surface area contributed by atoms with Crippen LogP contribution in [-0.4, -0.2) is 11.8 Å². The van der Waals surface area contributed by atoms with Crippen molar-refractivity contribution in [2.24, 2.45) is 5.73 Å². The van der Waals surface area contributed by atoms with Crippen LogP contribution in [0.2, 0.25) is 0 Å². The zero-order chi connectivity index (χ0) is 17.3. The number of aryl methyl sites for hydroxylation is 1. The predicted molar refractivity (Wildman–Crippen MR) is 93.4 cm³/mol. The number of fused-ring (bicyclic) bond motifs is 1. The van der Waals surface area contributed by atoms with Crippen molar-refractivity contribution in [1.29, 1.82) is 0 Å². The van der Waals surface area contributed by atoms with Gasteiger partial charge in [-0.15, -0.1) is 11.6 Å². The van der Waals surface area contributed by atoms with Gasteiger partial charge in [0.1, 0.15) is 11.3 Å². The number of carbonyl (C=O) groups is 2. The second-order valence-electron chi connectivity index (χ2n) is 5.46. The van der Waals surface area contributed by atoms with Crippen LogP contribution in [0.4, 0.5) is 5.69 Å². The minimum absolute atomic E-state index is 0.0718. The van der Waals surface area contributed by atoms with Crippen LogP contribution in [0, 0.1) is 6.92 Å². The number of alkyl halides is 1. The standard InChI is InChI=1S/C18H15ClN2O3/c1-10-5-6-13-14(7-10)24-16(17(20)22)15(13)21-18(23)12-4-2-3-11(8-12)9-19/h2-8H,9H2,1H3,(H2,20,22)(H,21,23). The quantitative estimate of drug-likeness (QED) is 0.706. The number of benzene rings is 2. The first-order valence-corrected chi connectivity index (χ1v) is 7.82. The van der Waals surface area contributed by atoms with E-state index in [-0.39, 0.29) is 17.4 Å². The molecule has 1 heterocycles. The summed E-state index contributed by atoms with van der Waals surface area (Å²) in [5, 5.41) is 3.35. The van der Waals surface area contributed by atoms with E-state index in [2.05, 4.69) is 5.32 Å². The molecule has 1 aromatic heterocycles. The molecule has 0 bridgehead atoms. The third-order valence-electron chi connectivity index (χ3n) is 3.65. The van der Waals surface area contributed by atoms with Gasteiger partial charge in [0, 0.05) is 16.8 Å². The Morgan fingerprint density at radius 2 is 2.00 bits per heavy atom. The lowest BCUT2D eigenvalue weighted by Gasteiger charge is -2.06. The molecule has 3 aromatic rings. The number of rotatable bonds is 4. The van der Waals surface area contributed by atoms with E-state index in [1.54, 1.807) is 30.3 Å². The van der Waals surface area contributed by atoms with Gasteiger partial charge in [-0.3, -0.25) is 9.59 Å². The fourth-order valence-electron chi connectivity index (χ4n) is 2.48. The molecule has 0 atom stereocenters. The Morgan fingerprint density at radius 3 is 2.71 bits per heavy atom. The van der Waals surface area contributed by atoms with Gasteiger partial charge in [0.25, 0.3) is 11.8 Å². The van der Waals surface area contributed by atoms with E-state index >= 15 is 0 Å². The molecule has 0 saturated heterocycles. The molecule has 0 saturated carbocycles. The smallest absolute Gasteiger partial charge is 0.286 e. The minimum Gasteiger partial charge on any atom is -0.449 e. The number of nitrogens with two attached hydrogens (primary N) is 1. The highest BCUT2D eigenvalue weighted by Gasteiger charge is 2.21. The molecule has 0 aliphatic rings. The number of furan rings is 1. The molecule has 0 aliphatic heterocycles. The molecule has 122 valence electrons. The van der Waals surface area contributed by atoms with Crippen molar-refractivity contribution in [2.45, 2.75) is 12.8 Å². The molecule has 0 fully saturated rings. The number of carbonyl (C=O) groups excluding carboxylic acids is 2. The van der Waals surface area contributed by atoms with Gasteiger partial charge in [0.15, 0.2) is 0 Å². The zero-order valence-corrected chi connectivity index (χ0v) is 13.7. The fraction of sp³-hybridized carbons (Fsp3) is 0.111. The van der Waals surface area contributed by atoms with Gasteiger partial charge < -0.3 is 15.5 Å². The summed E-state index contributed by atoms with van der Waals surface area (Å²) in [7, 11) is 0. The van der Waals surface area contributed by atoms with Crippen molar-refractivity contribution < 1.29 is 14.0 Å². The lowest BCUT2D eigenvalue weighted by atomic mass is 10.1. The summed E-state index contributed by atoms with van der Waals surface area (Å²) in [4.78, 5) is 24.2. The second kappa shape index (κ2) is 6.37. The maximum Gasteiger partial charge on any atom is 0.286 e. The van der Waals surface area contributed by atoms with E-state index in [9.17, 15) is 9.59 Å². The summed E-state index contributed by atoms with van der Waals surface area (Å²) in [5.74, 6) is -0.875. The van der Waals surface area contributed by atoms with E-state index in [0.29, 0.717) is 22.4 Å². The number of hydrogen-bond acceptors (Lipinski definition) is 3. The van der Waals surface area contributed by atoms with Gasteiger partial charge in [-0.05, 0) is 42.3 Å². The summed E-state index contributed by atoms with van der Waals surface area (Å²) in [6.45, 7) is 1.90. The maximum atomic E-state index is 12.5. The first-order valence-electron chi connectivity index (χ1n) is 7.29. The summed E-state index contributed by atoms with van der Waals surface area (Å²) in [6.07, 6.45) is 0. The molecule has 3 N–H and O–H groups in total. The molecule has 6 heteroatoms. The van der Waals surface area contributed by atoms with Crippen molar-refractivity contribution in [3.63, 3.8) is 0 Å². The largest absolute Gasteiger partial charge is 0.449 e. The van der Waals surface area contributed by atoms with Gasteiger partial charge in [0.2, 0.25) is 5.76 Å². The molecular weight excluding hydrogens is 328 g/mol. The number of primary amides is 1. The molecule has 5 nitrogen and oxygen atoms in total. The van der Waals surface area contributed by atoms with Crippen LogP contribution in [0.15, 0.2) is 46.9 Å². The van der Waals surface area contributed by atoms with Gasteiger partial charge in [-0.2, -0.15) is 0 Å². The molecule has 2 aromatic carbocycles. The van der Waals surface area contributed by atoms with E-state index in [0.717, 1.165) is 11.1 Å². The normalized spacial score (nSPS) is 10.8. The van der Waals surface area contributed by atoms with Crippen molar-refractivity contribution >= 4 is 40.1 Å². The lowest BCUT2D eigenvalue weighted by molar-refractivity contribution is 0.0977. The van der Waals surface area contributed by atoms with E-state index < -0.39 is 5.91 Å². The third kappa shape index (κ3) is 2.98. The van der Waals surface area contributed by atoms with Crippen molar-refractivity contribution in [3.8, 4) is 0 Å². The monoisotopic (exact) mass is 342 g/mol. The van der Waals surface area contributed by atoms with Crippen LogP contribution in [0.3, 0.4) is 0 Å². The number of anilines is 1. The first kappa shape index (κ1) is 16.1. The highest BCUT2D eigenvalue weighted by molar-refractivity contribution is 6.17. The molecular formula is C18H15ClN2O3. The number of halogens is 1. The third-order valence-corrected chi connectivity index (χ3v) is 3.96. The van der Waals surface area contributed by atoms with E-state index in [1.807, 2.05) is 19.1 Å². The Bertz CT molecular complexity index is 947. The van der Waals surface area contributed by atoms with Crippen LogP contribution < -0.4 is 11.1 Å². The van der Waals surface area contributed by atoms with Crippen LogP contribution in [0.1, 0.15) is 32.0 Å². The molecule has 3 rings (SSSR count). The SMILES string of the molecule is Cc1ccc2c(NC(=O)c3cccc(CCl)c3)c(C(N)=O)oc2c1. The zero-order valence-electron chi connectivity index (χ0n) is 12.9. The van der Waals surface area contributed by atoms with Gasteiger partial charge >= 0.3 is 0 Å². The van der Waals surface area contributed by atoms with Crippen LogP contribution in [0.25, 0.3) is 11.0 Å². The average molecular weight is 343 g/mol. The Hall–Kier alpha value is -2.79. The van der Waals surface area contributed by atoms with E-state index in [4.69, 9.17) is 21.8 Å². The van der Waals surface area contributed by atoms with Crippen LogP contribution in [-0.2, 0) is 5.88 Å². The Kier molecular flexibility index (Phi) is 4.27. The summed E-state index contributed by atoms with van der Waals surface area (Å²) in [6, 6.07) is 12.4. The Balaban J connectivity index is 2.03. The Labute approximate surface area is 143 Å². The van der Waals surface area contributed by atoms with Gasteiger partial charge in [0.05, 0.1) is 0 Å². The number of hydrogen-bond donors (Lipinski definition) is 2. The van der Waals surface area contributed by atoms with Crippen LogP contribution >= 0.6 is 11.6 Å². The summed E-state index contributed by atoms with van der Waals surface area (Å²) in [5.41, 5.74) is 8.38. The average Bonchev–Trinajstić information content (AvgIpc) is 2.92. The summed E-state index contributed by atoms with van der Waals surface area (Å²) < 4.78 is 5.51. The topological polar surface area (TPSA) is 85.3 Å². The minimum atomic E-state index is -0.742. The lowest BCUT2D eigenvalue weighted by Crippen LogP contribution is -2.17. The molecule has 2 amide bonds. The van der Waals surface area contributed by atoms with Gasteiger partial charge in [-0.1, -0.05) is 18.2 Å². The first-order chi connectivity index (χ1) is 11.5. The highest BCUT2D eigenvalue weighted by Crippen LogP contribution is 2.31. The van der Waals surface area contributed by atoms with Crippen molar-refractivity contribution in [1.82, 2.24) is 0 Å². The fourth-order valence-corrected chi connectivity index (χ4v) is 2.65. The van der Waals surface area contributed by atoms with Gasteiger partial charge in [-0.25, -0.2) is 0 Å². The molecule has 0 aliphatic carbocycles. The molecule has 0 radical (unpaired) electrons. The second-order valence-corrected chi connectivity index (χ2v) is 5.73. The van der Waals surface area contributed by atoms with Crippen LogP contribution in [0.5, 0.6) is 0 Å². The maximum absolute atomic E-state index is 12.5. The number of amides is 2. The molecule has 0 unspecified atom stereocenters. The summed E-state index contributed by atoms with van der Waals surface area (Å²) >= 11 is 5.80. The molecule has 24 heavy (non-hydrogen) atoms. The Morgan fingerprint density at radius 1 is 1.21 bits per heavy atom. The van der Waals surface area contributed by atoms with Crippen molar-refractivity contribution in [2.75, 3.05) is 5.32 Å².